The van der Waals surface area contributed by atoms with E-state index in [-0.39, 0.29) is 30.4 Å². The molecule has 6 nitrogen and oxygen atoms in total. The van der Waals surface area contributed by atoms with Crippen LogP contribution in [0, 0.1) is 5.82 Å². The second-order valence-electron chi connectivity index (χ2n) is 7.75. The number of benzene rings is 2. The molecule has 0 spiro atoms. The quantitative estimate of drug-likeness (QED) is 0.442. The lowest BCUT2D eigenvalue weighted by molar-refractivity contribution is 0.117. The third-order valence-electron chi connectivity index (χ3n) is 5.51. The van der Waals surface area contributed by atoms with Crippen LogP contribution in [0.4, 0.5) is 9.18 Å². The maximum absolute atomic E-state index is 14.5. The normalized spacial score (nSPS) is 20.1. The van der Waals surface area contributed by atoms with E-state index in [2.05, 4.69) is 36.5 Å². The molecule has 1 atom stereocenters. The summed E-state index contributed by atoms with van der Waals surface area (Å²) in [5, 5.41) is 15.6. The maximum atomic E-state index is 14.5. The highest BCUT2D eigenvalue weighted by atomic mass is 79.9. The number of urea groups is 1. The molecule has 1 aromatic heterocycles. The molecular weight excluding hydrogens is 451 g/mol. The predicted molar refractivity (Wildman–Crippen MR) is 117 cm³/mol. The zero-order chi connectivity index (χ0) is 21.1. The van der Waals surface area contributed by atoms with Crippen molar-refractivity contribution >= 4 is 33.0 Å². The van der Waals surface area contributed by atoms with E-state index < -0.39 is 6.04 Å². The van der Waals surface area contributed by atoms with Crippen LogP contribution in [0.1, 0.15) is 43.1 Å². The summed E-state index contributed by atoms with van der Waals surface area (Å²) in [6.07, 6.45) is 2.82. The summed E-state index contributed by atoms with van der Waals surface area (Å²) in [7, 11) is 0. The smallest absolute Gasteiger partial charge is 0.315 e. The van der Waals surface area contributed by atoms with E-state index in [1.54, 1.807) is 12.1 Å². The molecular formula is C22H24BrFN4O2. The lowest BCUT2D eigenvalue weighted by Gasteiger charge is -2.27. The number of H-pyrrole nitrogens is 1. The average molecular weight is 475 g/mol. The number of nitrogens with zero attached hydrogens (tertiary/aromatic N) is 1. The first-order valence-corrected chi connectivity index (χ1v) is 10.9. The molecule has 30 heavy (non-hydrogen) atoms. The Morgan fingerprint density at radius 2 is 2.00 bits per heavy atom. The Labute approximate surface area is 182 Å². The lowest BCUT2D eigenvalue weighted by Crippen LogP contribution is -2.45. The molecule has 4 rings (SSSR count). The number of aromatic amines is 1. The number of halogens is 2. The Morgan fingerprint density at radius 3 is 2.73 bits per heavy atom. The fourth-order valence-electron chi connectivity index (χ4n) is 3.87. The van der Waals surface area contributed by atoms with Gasteiger partial charge in [0, 0.05) is 16.9 Å². The average Bonchev–Trinajstić information content (AvgIpc) is 3.15. The molecule has 4 N–H and O–H groups in total. The van der Waals surface area contributed by atoms with Gasteiger partial charge in [-0.2, -0.15) is 0 Å². The van der Waals surface area contributed by atoms with Gasteiger partial charge in [0.2, 0.25) is 0 Å². The van der Waals surface area contributed by atoms with Crippen LogP contribution in [-0.4, -0.2) is 33.3 Å². The zero-order valence-electron chi connectivity index (χ0n) is 16.4. The SMILES string of the molecule is O=C(NC1CCC(O)CC1)NC(Cc1ccc(Br)cc1F)c1nc2ccccc2[nH]1. The van der Waals surface area contributed by atoms with Crippen molar-refractivity contribution in [3.05, 3.63) is 64.1 Å². The minimum absolute atomic E-state index is 0.0224. The van der Waals surface area contributed by atoms with Crippen molar-refractivity contribution in [2.24, 2.45) is 0 Å². The number of fused-ring (bicyclic) bond motifs is 1. The van der Waals surface area contributed by atoms with Crippen LogP contribution in [0.2, 0.25) is 0 Å². The zero-order valence-corrected chi connectivity index (χ0v) is 18.0. The van der Waals surface area contributed by atoms with Crippen LogP contribution in [0.3, 0.4) is 0 Å². The summed E-state index contributed by atoms with van der Waals surface area (Å²) < 4.78 is 15.1. The Kier molecular flexibility index (Phi) is 6.34. The van der Waals surface area contributed by atoms with Gasteiger partial charge >= 0.3 is 6.03 Å². The molecule has 8 heteroatoms. The largest absolute Gasteiger partial charge is 0.393 e. The number of para-hydroxylation sites is 2. The van der Waals surface area contributed by atoms with Crippen molar-refractivity contribution in [1.82, 2.24) is 20.6 Å². The number of carbonyl (C=O) groups is 1. The van der Waals surface area contributed by atoms with Crippen molar-refractivity contribution in [3.8, 4) is 0 Å². The van der Waals surface area contributed by atoms with E-state index >= 15 is 0 Å². The monoisotopic (exact) mass is 474 g/mol. The van der Waals surface area contributed by atoms with Gasteiger partial charge in [-0.1, -0.05) is 34.1 Å². The van der Waals surface area contributed by atoms with E-state index in [1.165, 1.54) is 6.07 Å². The standard InChI is InChI=1S/C22H24BrFN4O2/c23-14-6-5-13(17(24)12-14)11-20(21-26-18-3-1-2-4-19(18)27-21)28-22(30)25-15-7-9-16(29)10-8-15/h1-6,12,15-16,20,29H,7-11H2,(H,26,27)(H2,25,28,30). The molecule has 158 valence electrons. The third-order valence-corrected chi connectivity index (χ3v) is 6.01. The highest BCUT2D eigenvalue weighted by Gasteiger charge is 2.24. The summed E-state index contributed by atoms with van der Waals surface area (Å²) in [5.74, 6) is 0.238. The molecule has 0 aliphatic heterocycles. The number of imidazole rings is 1. The minimum atomic E-state index is -0.526. The fourth-order valence-corrected chi connectivity index (χ4v) is 4.20. The first-order chi connectivity index (χ1) is 14.5. The van der Waals surface area contributed by atoms with Crippen molar-refractivity contribution < 1.29 is 14.3 Å². The van der Waals surface area contributed by atoms with Crippen molar-refractivity contribution in [2.45, 2.75) is 50.3 Å². The van der Waals surface area contributed by atoms with E-state index in [1.807, 2.05) is 24.3 Å². The van der Waals surface area contributed by atoms with E-state index in [9.17, 15) is 14.3 Å². The van der Waals surface area contributed by atoms with Gasteiger partial charge < -0.3 is 20.7 Å². The Morgan fingerprint density at radius 1 is 1.23 bits per heavy atom. The van der Waals surface area contributed by atoms with Crippen LogP contribution >= 0.6 is 15.9 Å². The molecule has 1 unspecified atom stereocenters. The number of amides is 2. The maximum Gasteiger partial charge on any atom is 0.315 e. The number of aromatic nitrogens is 2. The van der Waals surface area contributed by atoms with Crippen LogP contribution in [0.25, 0.3) is 11.0 Å². The molecule has 1 heterocycles. The van der Waals surface area contributed by atoms with Gasteiger partial charge in [-0.25, -0.2) is 14.2 Å². The fraction of sp³-hybridized carbons (Fsp3) is 0.364. The topological polar surface area (TPSA) is 90.0 Å². The molecule has 1 aliphatic carbocycles. The molecule has 2 aromatic carbocycles. The summed E-state index contributed by atoms with van der Waals surface area (Å²) in [5.41, 5.74) is 2.14. The van der Waals surface area contributed by atoms with Crippen LogP contribution < -0.4 is 10.6 Å². The second kappa shape index (κ2) is 9.14. The van der Waals surface area contributed by atoms with Crippen LogP contribution in [0.15, 0.2) is 46.9 Å². The number of carbonyl (C=O) groups excluding carboxylic acids is 1. The van der Waals surface area contributed by atoms with Gasteiger partial charge in [0.1, 0.15) is 11.6 Å². The first-order valence-electron chi connectivity index (χ1n) is 10.1. The second-order valence-corrected chi connectivity index (χ2v) is 8.67. The van der Waals surface area contributed by atoms with Crippen molar-refractivity contribution in [2.75, 3.05) is 0 Å². The molecule has 1 saturated carbocycles. The Hall–Kier alpha value is -2.45. The van der Waals surface area contributed by atoms with Gasteiger partial charge in [-0.05, 0) is 55.5 Å². The summed E-state index contributed by atoms with van der Waals surface area (Å²) >= 11 is 3.27. The van der Waals surface area contributed by atoms with Gasteiger partial charge in [-0.3, -0.25) is 0 Å². The number of rotatable bonds is 5. The number of hydrogen-bond acceptors (Lipinski definition) is 3. The molecule has 0 radical (unpaired) electrons. The van der Waals surface area contributed by atoms with Crippen molar-refractivity contribution in [1.29, 1.82) is 0 Å². The van der Waals surface area contributed by atoms with Gasteiger partial charge in [0.25, 0.3) is 0 Å². The number of nitrogens with one attached hydrogen (secondary N) is 3. The summed E-state index contributed by atoms with van der Waals surface area (Å²) in [6, 6.07) is 11.7. The first kappa shape index (κ1) is 20.8. The highest BCUT2D eigenvalue weighted by molar-refractivity contribution is 9.10. The summed E-state index contributed by atoms with van der Waals surface area (Å²) in [4.78, 5) is 20.5. The number of aliphatic hydroxyl groups is 1. The molecule has 1 fully saturated rings. The summed E-state index contributed by atoms with van der Waals surface area (Å²) in [6.45, 7) is 0. The van der Waals surface area contributed by atoms with Crippen molar-refractivity contribution in [3.63, 3.8) is 0 Å². The molecule has 0 bridgehead atoms. The van der Waals surface area contributed by atoms with E-state index in [0.29, 0.717) is 28.7 Å². The number of aliphatic hydroxyl groups excluding tert-OH is 1. The Balaban J connectivity index is 1.54. The van der Waals surface area contributed by atoms with Gasteiger partial charge in [0.05, 0.1) is 23.2 Å². The third kappa shape index (κ3) is 4.99. The lowest BCUT2D eigenvalue weighted by atomic mass is 9.93. The highest BCUT2D eigenvalue weighted by Crippen LogP contribution is 2.24. The number of hydrogen-bond donors (Lipinski definition) is 4. The predicted octanol–water partition coefficient (Wildman–Crippen LogP) is 4.35. The van der Waals surface area contributed by atoms with Gasteiger partial charge in [0.15, 0.2) is 0 Å². The van der Waals surface area contributed by atoms with Crippen LogP contribution in [-0.2, 0) is 6.42 Å². The van der Waals surface area contributed by atoms with Crippen LogP contribution in [0.5, 0.6) is 0 Å². The molecule has 0 saturated heterocycles. The van der Waals surface area contributed by atoms with E-state index in [0.717, 1.165) is 23.9 Å². The Bertz CT molecular complexity index is 1000. The minimum Gasteiger partial charge on any atom is -0.393 e. The molecule has 1 aliphatic rings. The van der Waals surface area contributed by atoms with Gasteiger partial charge in [-0.15, -0.1) is 0 Å². The molecule has 2 amide bonds. The molecule has 3 aromatic rings. The van der Waals surface area contributed by atoms with E-state index in [4.69, 9.17) is 0 Å².